The van der Waals surface area contributed by atoms with Gasteiger partial charge in [0.2, 0.25) is 0 Å². The molecular weight excluding hydrogens is 373 g/mol. The molecule has 1 amide bonds. The van der Waals surface area contributed by atoms with Crippen LogP contribution in [0.3, 0.4) is 0 Å². The molecule has 3 heterocycles. The molecular formula is C19H21F3N4O2. The molecule has 2 fully saturated rings. The molecule has 2 aliphatic rings. The quantitative estimate of drug-likeness (QED) is 0.866. The van der Waals surface area contributed by atoms with Crippen LogP contribution >= 0.6 is 0 Å². The number of aromatic amines is 1. The van der Waals surface area contributed by atoms with E-state index in [9.17, 15) is 18.0 Å². The number of carbonyl (C=O) groups excluding carboxylic acids is 1. The Hall–Kier alpha value is -2.55. The number of piperazine rings is 1. The highest BCUT2D eigenvalue weighted by Gasteiger charge is 2.33. The van der Waals surface area contributed by atoms with Crippen molar-refractivity contribution in [3.8, 4) is 5.75 Å². The second-order valence-corrected chi connectivity index (χ2v) is 7.18. The second kappa shape index (κ2) is 7.46. The van der Waals surface area contributed by atoms with Crippen LogP contribution in [0.4, 0.5) is 13.2 Å². The lowest BCUT2D eigenvalue weighted by atomic mass is 10.1. The third-order valence-electron chi connectivity index (χ3n) is 5.28. The Balaban J connectivity index is 1.36. The van der Waals surface area contributed by atoms with Gasteiger partial charge in [-0.2, -0.15) is 18.3 Å². The number of amides is 1. The van der Waals surface area contributed by atoms with Crippen LogP contribution in [-0.4, -0.2) is 58.1 Å². The van der Waals surface area contributed by atoms with Gasteiger partial charge < -0.3 is 9.64 Å². The summed E-state index contributed by atoms with van der Waals surface area (Å²) >= 11 is 0. The number of rotatable bonds is 4. The van der Waals surface area contributed by atoms with E-state index < -0.39 is 11.7 Å². The Kier molecular flexibility index (Phi) is 5.01. The summed E-state index contributed by atoms with van der Waals surface area (Å²) in [7, 11) is 0. The summed E-state index contributed by atoms with van der Waals surface area (Å²) in [5.41, 5.74) is 0.0610. The van der Waals surface area contributed by atoms with Crippen LogP contribution in [-0.2, 0) is 12.8 Å². The normalized spacial score (nSPS) is 20.2. The lowest BCUT2D eigenvalue weighted by Crippen LogP contribution is -2.52. The Bertz CT molecular complexity index is 852. The number of nitrogens with zero attached hydrogens (tertiary/aromatic N) is 3. The summed E-state index contributed by atoms with van der Waals surface area (Å²) in [6.45, 7) is 3.37. The van der Waals surface area contributed by atoms with Crippen molar-refractivity contribution in [1.29, 1.82) is 0 Å². The number of nitrogens with one attached hydrogen (secondary N) is 1. The highest BCUT2D eigenvalue weighted by molar-refractivity contribution is 5.92. The van der Waals surface area contributed by atoms with E-state index >= 15 is 0 Å². The standard InChI is InChI=1S/C19H21F3N4O2/c20-19(21,22)13-3-1-5-16(9-13)28-12-14-10-17(24-23-14)18(27)26-8-7-25-6-2-4-15(25)11-26/h1,3,5,9-10,15H,2,4,6-8,11-12H2,(H,23,24)/t15-/m1/s1. The highest BCUT2D eigenvalue weighted by atomic mass is 19.4. The third-order valence-corrected chi connectivity index (χ3v) is 5.28. The zero-order valence-corrected chi connectivity index (χ0v) is 15.2. The maximum atomic E-state index is 12.8. The van der Waals surface area contributed by atoms with E-state index in [0.29, 0.717) is 30.5 Å². The molecule has 6 nitrogen and oxygen atoms in total. The van der Waals surface area contributed by atoms with Crippen LogP contribution in [0.5, 0.6) is 5.75 Å². The number of halogens is 3. The fraction of sp³-hybridized carbons (Fsp3) is 0.474. The molecule has 1 N–H and O–H groups in total. The maximum Gasteiger partial charge on any atom is 0.416 e. The van der Waals surface area contributed by atoms with Gasteiger partial charge in [0.1, 0.15) is 12.4 Å². The van der Waals surface area contributed by atoms with Crippen LogP contribution in [0.25, 0.3) is 0 Å². The molecule has 0 bridgehead atoms. The topological polar surface area (TPSA) is 61.5 Å². The van der Waals surface area contributed by atoms with Crippen LogP contribution in [0, 0.1) is 0 Å². The second-order valence-electron chi connectivity index (χ2n) is 7.18. The SMILES string of the molecule is O=C(c1cc(COc2cccc(C(F)(F)F)c2)[nH]n1)N1CCN2CCC[C@@H]2C1. The van der Waals surface area contributed by atoms with Crippen LogP contribution in [0.15, 0.2) is 30.3 Å². The summed E-state index contributed by atoms with van der Waals surface area (Å²) in [6, 6.07) is 6.71. The van der Waals surface area contributed by atoms with Gasteiger partial charge >= 0.3 is 6.18 Å². The van der Waals surface area contributed by atoms with Gasteiger partial charge in [-0.15, -0.1) is 0 Å². The minimum atomic E-state index is -4.42. The van der Waals surface area contributed by atoms with Crippen LogP contribution < -0.4 is 4.74 Å². The molecule has 2 saturated heterocycles. The van der Waals surface area contributed by atoms with Crippen molar-refractivity contribution < 1.29 is 22.7 Å². The van der Waals surface area contributed by atoms with Crippen molar-refractivity contribution >= 4 is 5.91 Å². The zero-order valence-electron chi connectivity index (χ0n) is 15.2. The average molecular weight is 394 g/mol. The van der Waals surface area contributed by atoms with Crippen molar-refractivity contribution in [3.63, 3.8) is 0 Å². The number of H-pyrrole nitrogens is 1. The number of alkyl halides is 3. The van der Waals surface area contributed by atoms with Gasteiger partial charge in [-0.05, 0) is 43.7 Å². The molecule has 0 unspecified atom stereocenters. The average Bonchev–Trinajstić information content (AvgIpc) is 3.34. The molecule has 1 aromatic carbocycles. The molecule has 9 heteroatoms. The van der Waals surface area contributed by atoms with Crippen molar-refractivity contribution in [2.75, 3.05) is 26.2 Å². The van der Waals surface area contributed by atoms with Gasteiger partial charge in [0, 0.05) is 25.7 Å². The van der Waals surface area contributed by atoms with E-state index in [1.807, 2.05) is 4.90 Å². The summed E-state index contributed by atoms with van der Waals surface area (Å²) < 4.78 is 43.7. The lowest BCUT2D eigenvalue weighted by Gasteiger charge is -2.37. The van der Waals surface area contributed by atoms with Gasteiger partial charge in [0.25, 0.3) is 5.91 Å². The number of carbonyl (C=O) groups is 1. The molecule has 2 aromatic rings. The summed E-state index contributed by atoms with van der Waals surface area (Å²) in [5.74, 6) is -0.0252. The molecule has 1 aromatic heterocycles. The van der Waals surface area contributed by atoms with E-state index in [1.165, 1.54) is 18.6 Å². The lowest BCUT2D eigenvalue weighted by molar-refractivity contribution is -0.137. The van der Waals surface area contributed by atoms with Crippen LogP contribution in [0.2, 0.25) is 0 Å². The smallest absolute Gasteiger partial charge is 0.416 e. The first-order valence-corrected chi connectivity index (χ1v) is 9.28. The highest BCUT2D eigenvalue weighted by Crippen LogP contribution is 2.31. The van der Waals surface area contributed by atoms with Gasteiger partial charge in [0.15, 0.2) is 5.69 Å². The first-order valence-electron chi connectivity index (χ1n) is 9.28. The first kappa shape index (κ1) is 18.8. The van der Waals surface area contributed by atoms with E-state index in [0.717, 1.165) is 31.6 Å². The Labute approximate surface area is 160 Å². The van der Waals surface area contributed by atoms with Crippen molar-refractivity contribution in [1.82, 2.24) is 20.0 Å². The van der Waals surface area contributed by atoms with Gasteiger partial charge in [0.05, 0.1) is 11.3 Å². The largest absolute Gasteiger partial charge is 0.487 e. The summed E-state index contributed by atoms with van der Waals surface area (Å²) in [5, 5.41) is 6.79. The van der Waals surface area contributed by atoms with Crippen molar-refractivity contribution in [2.45, 2.75) is 31.7 Å². The Morgan fingerprint density at radius 3 is 2.93 bits per heavy atom. The van der Waals surface area contributed by atoms with Gasteiger partial charge in [-0.25, -0.2) is 0 Å². The minimum Gasteiger partial charge on any atom is -0.487 e. The van der Waals surface area contributed by atoms with Crippen molar-refractivity contribution in [3.05, 3.63) is 47.3 Å². The van der Waals surface area contributed by atoms with Gasteiger partial charge in [-0.3, -0.25) is 14.8 Å². The Morgan fingerprint density at radius 2 is 2.11 bits per heavy atom. The van der Waals surface area contributed by atoms with Crippen LogP contribution in [0.1, 0.15) is 34.6 Å². The third kappa shape index (κ3) is 3.99. The van der Waals surface area contributed by atoms with Gasteiger partial charge in [-0.1, -0.05) is 6.07 Å². The molecule has 0 saturated carbocycles. The molecule has 4 rings (SSSR count). The van der Waals surface area contributed by atoms with E-state index in [1.54, 1.807) is 6.07 Å². The molecule has 0 aliphatic carbocycles. The number of ether oxygens (including phenoxy) is 1. The Morgan fingerprint density at radius 1 is 1.25 bits per heavy atom. The number of hydrogen-bond acceptors (Lipinski definition) is 4. The molecule has 150 valence electrons. The summed E-state index contributed by atoms with van der Waals surface area (Å²) in [4.78, 5) is 16.9. The first-order chi connectivity index (χ1) is 13.4. The maximum absolute atomic E-state index is 12.8. The predicted molar refractivity (Wildman–Crippen MR) is 94.9 cm³/mol. The van der Waals surface area contributed by atoms with Crippen molar-refractivity contribution in [2.24, 2.45) is 0 Å². The number of hydrogen-bond donors (Lipinski definition) is 1. The van der Waals surface area contributed by atoms with E-state index in [4.69, 9.17) is 4.74 Å². The van der Waals surface area contributed by atoms with E-state index in [-0.39, 0.29) is 18.3 Å². The number of fused-ring (bicyclic) bond motifs is 1. The number of benzene rings is 1. The molecule has 28 heavy (non-hydrogen) atoms. The molecule has 1 atom stereocenters. The fourth-order valence-electron chi connectivity index (χ4n) is 3.81. The fourth-order valence-corrected chi connectivity index (χ4v) is 3.81. The van der Waals surface area contributed by atoms with E-state index in [2.05, 4.69) is 15.1 Å². The predicted octanol–water partition coefficient (Wildman–Crippen LogP) is 2.93. The monoisotopic (exact) mass is 394 g/mol. The molecule has 2 aliphatic heterocycles. The molecule has 0 radical (unpaired) electrons. The number of aromatic nitrogens is 2. The minimum absolute atomic E-state index is 0.00199. The summed E-state index contributed by atoms with van der Waals surface area (Å²) in [6.07, 6.45) is -2.14. The zero-order chi connectivity index (χ0) is 19.7. The molecule has 0 spiro atoms.